The van der Waals surface area contributed by atoms with Crippen LogP contribution in [0.25, 0.3) is 10.9 Å². The number of nitrogens with one attached hydrogen (secondary N) is 2. The van der Waals surface area contributed by atoms with Crippen LogP contribution in [0.3, 0.4) is 0 Å². The molecule has 2 aromatic rings. The Morgan fingerprint density at radius 1 is 1.32 bits per heavy atom. The Morgan fingerprint density at radius 3 is 2.84 bits per heavy atom. The van der Waals surface area contributed by atoms with E-state index in [0.717, 1.165) is 37.4 Å². The van der Waals surface area contributed by atoms with Crippen molar-refractivity contribution in [2.75, 3.05) is 13.1 Å². The molecule has 25 heavy (non-hydrogen) atoms. The van der Waals surface area contributed by atoms with Gasteiger partial charge in [0.2, 0.25) is 0 Å². The van der Waals surface area contributed by atoms with Gasteiger partial charge in [-0.2, -0.15) is 5.10 Å². The van der Waals surface area contributed by atoms with Gasteiger partial charge in [0.1, 0.15) is 0 Å². The summed E-state index contributed by atoms with van der Waals surface area (Å²) < 4.78 is 2.19. The highest BCUT2D eigenvalue weighted by molar-refractivity contribution is 5.78. The van der Waals surface area contributed by atoms with Crippen LogP contribution in [0.2, 0.25) is 0 Å². The molecule has 0 spiro atoms. The summed E-state index contributed by atoms with van der Waals surface area (Å²) in [5, 5.41) is 13.4. The summed E-state index contributed by atoms with van der Waals surface area (Å²) in [6.07, 6.45) is 7.00. The van der Waals surface area contributed by atoms with Gasteiger partial charge in [-0.15, -0.1) is 0 Å². The zero-order chi connectivity index (χ0) is 17.8. The van der Waals surface area contributed by atoms with E-state index in [4.69, 9.17) is 5.10 Å². The molecule has 3 atom stereocenters. The minimum Gasteiger partial charge on any atom is -0.314 e. The fourth-order valence-corrected chi connectivity index (χ4v) is 3.80. The van der Waals surface area contributed by atoms with E-state index in [2.05, 4.69) is 67.4 Å². The quantitative estimate of drug-likeness (QED) is 0.782. The van der Waals surface area contributed by atoms with Crippen molar-refractivity contribution in [2.24, 2.45) is 5.92 Å². The van der Waals surface area contributed by atoms with Gasteiger partial charge >= 0.3 is 0 Å². The molecule has 0 radical (unpaired) electrons. The second-order valence-corrected chi connectivity index (χ2v) is 8.03. The standard InChI is InChI=1S/C21H34N4/c1-5-19(10-11-22-15(2)3)25-14-18-8-7-17(12-21(18)24-25)20-9-6-16(4)13-23-20/h7-8,12,14-16,19-20,22-23H,5-6,9-11,13H2,1-4H3/t16?,19?,20-/m1/s1. The lowest BCUT2D eigenvalue weighted by Gasteiger charge is -2.28. The molecule has 2 heterocycles. The minimum atomic E-state index is 0.468. The molecule has 1 saturated heterocycles. The zero-order valence-corrected chi connectivity index (χ0v) is 16.3. The Kier molecular flexibility index (Phi) is 6.13. The Labute approximate surface area is 152 Å². The Morgan fingerprint density at radius 2 is 2.16 bits per heavy atom. The highest BCUT2D eigenvalue weighted by Crippen LogP contribution is 2.28. The number of hydrogen-bond acceptors (Lipinski definition) is 3. The molecule has 0 amide bonds. The van der Waals surface area contributed by atoms with Crippen molar-refractivity contribution in [3.05, 3.63) is 30.0 Å². The van der Waals surface area contributed by atoms with Gasteiger partial charge in [-0.05, 0) is 56.3 Å². The largest absolute Gasteiger partial charge is 0.314 e. The molecule has 1 aliphatic rings. The summed E-state index contributed by atoms with van der Waals surface area (Å²) in [6.45, 7) is 11.1. The lowest BCUT2D eigenvalue weighted by molar-refractivity contribution is 0.333. The summed E-state index contributed by atoms with van der Waals surface area (Å²) in [5.41, 5.74) is 2.52. The molecular weight excluding hydrogens is 308 g/mol. The normalized spacial score (nSPS) is 22.6. The molecule has 1 aromatic heterocycles. The third kappa shape index (κ3) is 4.62. The predicted molar refractivity (Wildman–Crippen MR) is 106 cm³/mol. The van der Waals surface area contributed by atoms with Crippen molar-refractivity contribution in [3.63, 3.8) is 0 Å². The molecule has 1 aliphatic heterocycles. The Balaban J connectivity index is 1.72. The zero-order valence-electron chi connectivity index (χ0n) is 16.3. The average molecular weight is 343 g/mol. The van der Waals surface area contributed by atoms with Gasteiger partial charge in [0.15, 0.2) is 0 Å². The SMILES string of the molecule is CCC(CCNC(C)C)n1cc2ccc([C@H]3CCC(C)CN3)cc2n1. The molecule has 3 rings (SSSR count). The van der Waals surface area contributed by atoms with Gasteiger partial charge in [0, 0.05) is 23.7 Å². The van der Waals surface area contributed by atoms with Crippen molar-refractivity contribution < 1.29 is 0 Å². The summed E-state index contributed by atoms with van der Waals surface area (Å²) in [4.78, 5) is 0. The van der Waals surface area contributed by atoms with Crippen LogP contribution in [0.15, 0.2) is 24.4 Å². The lowest BCUT2D eigenvalue weighted by Crippen LogP contribution is -2.31. The highest BCUT2D eigenvalue weighted by Gasteiger charge is 2.19. The number of benzene rings is 1. The first-order valence-corrected chi connectivity index (χ1v) is 10.0. The van der Waals surface area contributed by atoms with E-state index in [-0.39, 0.29) is 0 Å². The molecule has 1 aromatic carbocycles. The maximum atomic E-state index is 4.91. The first-order chi connectivity index (χ1) is 12.1. The molecule has 4 nitrogen and oxygen atoms in total. The van der Waals surface area contributed by atoms with Crippen LogP contribution >= 0.6 is 0 Å². The molecule has 0 saturated carbocycles. The van der Waals surface area contributed by atoms with Gasteiger partial charge < -0.3 is 10.6 Å². The molecule has 1 fully saturated rings. The van der Waals surface area contributed by atoms with Crippen LogP contribution < -0.4 is 10.6 Å². The number of fused-ring (bicyclic) bond motifs is 1. The number of rotatable bonds is 7. The smallest absolute Gasteiger partial charge is 0.0926 e. The average Bonchev–Trinajstić information content (AvgIpc) is 3.02. The van der Waals surface area contributed by atoms with Crippen LogP contribution in [0.4, 0.5) is 0 Å². The van der Waals surface area contributed by atoms with E-state index in [9.17, 15) is 0 Å². The molecular formula is C21H34N4. The molecule has 0 aliphatic carbocycles. The van der Waals surface area contributed by atoms with E-state index >= 15 is 0 Å². The molecule has 138 valence electrons. The first-order valence-electron chi connectivity index (χ1n) is 10.0. The maximum Gasteiger partial charge on any atom is 0.0926 e. The summed E-state index contributed by atoms with van der Waals surface area (Å²) in [6, 6.07) is 8.32. The van der Waals surface area contributed by atoms with Gasteiger partial charge in [0.25, 0.3) is 0 Å². The summed E-state index contributed by atoms with van der Waals surface area (Å²) in [5.74, 6) is 0.795. The van der Waals surface area contributed by atoms with Crippen molar-refractivity contribution in [3.8, 4) is 0 Å². The molecule has 2 unspecified atom stereocenters. The van der Waals surface area contributed by atoms with Crippen LogP contribution in [-0.2, 0) is 0 Å². The van der Waals surface area contributed by atoms with Gasteiger partial charge in [-0.3, -0.25) is 4.68 Å². The summed E-state index contributed by atoms with van der Waals surface area (Å²) >= 11 is 0. The van der Waals surface area contributed by atoms with Crippen molar-refractivity contribution >= 4 is 10.9 Å². The fourth-order valence-electron chi connectivity index (χ4n) is 3.80. The number of hydrogen-bond donors (Lipinski definition) is 2. The van der Waals surface area contributed by atoms with Crippen molar-refractivity contribution in [1.29, 1.82) is 0 Å². The topological polar surface area (TPSA) is 41.9 Å². The van der Waals surface area contributed by atoms with Crippen molar-refractivity contribution in [1.82, 2.24) is 20.4 Å². The Bertz CT molecular complexity index is 668. The van der Waals surface area contributed by atoms with E-state index in [1.807, 2.05) is 0 Å². The van der Waals surface area contributed by atoms with Crippen LogP contribution in [0, 0.1) is 5.92 Å². The monoisotopic (exact) mass is 342 g/mol. The predicted octanol–water partition coefficient (Wildman–Crippen LogP) is 4.44. The number of aromatic nitrogens is 2. The number of nitrogens with zero attached hydrogens (tertiary/aromatic N) is 2. The van der Waals surface area contributed by atoms with E-state index in [1.165, 1.54) is 23.8 Å². The second kappa shape index (κ2) is 8.33. The number of piperidine rings is 1. The maximum absolute atomic E-state index is 4.91. The van der Waals surface area contributed by atoms with Gasteiger partial charge in [-0.1, -0.05) is 39.8 Å². The lowest BCUT2D eigenvalue weighted by atomic mass is 9.92. The van der Waals surface area contributed by atoms with Gasteiger partial charge in [0.05, 0.1) is 11.6 Å². The molecule has 4 heteroatoms. The summed E-state index contributed by atoms with van der Waals surface area (Å²) in [7, 11) is 0. The van der Waals surface area contributed by atoms with E-state index in [1.54, 1.807) is 0 Å². The van der Waals surface area contributed by atoms with Crippen LogP contribution in [-0.4, -0.2) is 28.9 Å². The van der Waals surface area contributed by atoms with E-state index < -0.39 is 0 Å². The van der Waals surface area contributed by atoms with Gasteiger partial charge in [-0.25, -0.2) is 0 Å². The van der Waals surface area contributed by atoms with Crippen LogP contribution in [0.1, 0.15) is 71.0 Å². The molecule has 2 N–H and O–H groups in total. The minimum absolute atomic E-state index is 0.468. The highest BCUT2D eigenvalue weighted by atomic mass is 15.3. The first kappa shape index (κ1) is 18.4. The Hall–Kier alpha value is -1.39. The third-order valence-corrected chi connectivity index (χ3v) is 5.49. The third-order valence-electron chi connectivity index (χ3n) is 5.49. The fraction of sp³-hybridized carbons (Fsp3) is 0.667. The second-order valence-electron chi connectivity index (χ2n) is 8.03. The van der Waals surface area contributed by atoms with E-state index in [0.29, 0.717) is 18.1 Å². The molecule has 0 bridgehead atoms. The van der Waals surface area contributed by atoms with Crippen molar-refractivity contribution in [2.45, 2.75) is 71.5 Å². The van der Waals surface area contributed by atoms with Crippen LogP contribution in [0.5, 0.6) is 0 Å².